The van der Waals surface area contributed by atoms with Gasteiger partial charge in [0.05, 0.1) is 17.2 Å². The van der Waals surface area contributed by atoms with E-state index in [2.05, 4.69) is 11.4 Å². The molecule has 0 bridgehead atoms. The number of nitriles is 1. The molecular formula is C14H15N3OS. The fraction of sp³-hybridized carbons (Fsp3) is 0.429. The van der Waals surface area contributed by atoms with E-state index in [1.54, 1.807) is 11.8 Å². The normalized spacial score (nSPS) is 20.9. The van der Waals surface area contributed by atoms with Gasteiger partial charge in [0.2, 0.25) is 0 Å². The highest BCUT2D eigenvalue weighted by Crippen LogP contribution is 2.36. The third-order valence-electron chi connectivity index (χ3n) is 3.51. The molecule has 5 heteroatoms. The topological polar surface area (TPSA) is 57.4 Å². The third kappa shape index (κ3) is 2.75. The molecule has 0 atom stereocenters. The number of ether oxygens (including phenoxy) is 1. The van der Waals surface area contributed by atoms with E-state index < -0.39 is 0 Å². The zero-order valence-corrected chi connectivity index (χ0v) is 11.4. The molecule has 0 saturated carbocycles. The Bertz CT molecular complexity index is 527. The van der Waals surface area contributed by atoms with Crippen LogP contribution in [-0.4, -0.2) is 29.7 Å². The molecule has 1 aromatic rings. The molecule has 2 aliphatic rings. The number of aliphatic imine (C=N–C) groups is 1. The first-order chi connectivity index (χ1) is 9.30. The molecule has 0 aliphatic carbocycles. The monoisotopic (exact) mass is 273 g/mol. The molecule has 0 aromatic heterocycles. The minimum atomic E-state index is 0.0812. The molecular weight excluding hydrogens is 258 g/mol. The maximum Gasteiger partial charge on any atom is 0.161 e. The van der Waals surface area contributed by atoms with Gasteiger partial charge in [0.25, 0.3) is 0 Å². The van der Waals surface area contributed by atoms with Crippen molar-refractivity contribution >= 4 is 22.6 Å². The van der Waals surface area contributed by atoms with E-state index in [9.17, 15) is 0 Å². The predicted molar refractivity (Wildman–Crippen MR) is 77.5 cm³/mol. The summed E-state index contributed by atoms with van der Waals surface area (Å²) >= 11 is 1.77. The summed E-state index contributed by atoms with van der Waals surface area (Å²) in [7, 11) is 0. The molecule has 1 spiro atoms. The molecule has 3 rings (SSSR count). The van der Waals surface area contributed by atoms with Crippen LogP contribution in [0, 0.1) is 11.3 Å². The van der Waals surface area contributed by atoms with Crippen LogP contribution in [0.2, 0.25) is 0 Å². The van der Waals surface area contributed by atoms with E-state index in [0.717, 1.165) is 42.7 Å². The highest BCUT2D eigenvalue weighted by molar-refractivity contribution is 8.14. The summed E-state index contributed by atoms with van der Waals surface area (Å²) in [6.07, 6.45) is 2.02. The minimum absolute atomic E-state index is 0.0812. The Morgan fingerprint density at radius 2 is 2.00 bits per heavy atom. The Morgan fingerprint density at radius 3 is 2.68 bits per heavy atom. The number of nitrogens with zero attached hydrogens (tertiary/aromatic N) is 2. The van der Waals surface area contributed by atoms with Crippen LogP contribution in [0.25, 0.3) is 0 Å². The average Bonchev–Trinajstić information content (AvgIpc) is 2.83. The summed E-state index contributed by atoms with van der Waals surface area (Å²) < 4.78 is 5.41. The number of hydrogen-bond acceptors (Lipinski definition) is 5. The van der Waals surface area contributed by atoms with Gasteiger partial charge >= 0.3 is 0 Å². The number of nitrogens with one attached hydrogen (secondary N) is 1. The van der Waals surface area contributed by atoms with Crippen molar-refractivity contribution in [3.63, 3.8) is 0 Å². The van der Waals surface area contributed by atoms with E-state index >= 15 is 0 Å². The van der Waals surface area contributed by atoms with Crippen LogP contribution < -0.4 is 5.32 Å². The van der Waals surface area contributed by atoms with Crippen molar-refractivity contribution < 1.29 is 4.74 Å². The Kier molecular flexibility index (Phi) is 3.45. The van der Waals surface area contributed by atoms with Crippen LogP contribution in [0.3, 0.4) is 0 Å². The Hall–Kier alpha value is -1.51. The van der Waals surface area contributed by atoms with E-state index in [1.807, 2.05) is 24.3 Å². The second kappa shape index (κ2) is 5.24. The van der Waals surface area contributed by atoms with Crippen molar-refractivity contribution in [1.82, 2.24) is 0 Å². The van der Waals surface area contributed by atoms with E-state index in [0.29, 0.717) is 5.56 Å². The van der Waals surface area contributed by atoms with Crippen LogP contribution in [-0.2, 0) is 4.74 Å². The number of thioether (sulfide) groups is 1. The van der Waals surface area contributed by atoms with Gasteiger partial charge < -0.3 is 10.1 Å². The summed E-state index contributed by atoms with van der Waals surface area (Å²) in [4.78, 5) is 4.84. The molecule has 4 nitrogen and oxygen atoms in total. The molecule has 1 saturated heterocycles. The zero-order chi connectivity index (χ0) is 13.1. The summed E-state index contributed by atoms with van der Waals surface area (Å²) in [6, 6.07) is 9.57. The predicted octanol–water partition coefficient (Wildman–Crippen LogP) is 2.62. The maximum atomic E-state index is 8.77. The van der Waals surface area contributed by atoms with Gasteiger partial charge in [-0.2, -0.15) is 5.26 Å². The number of anilines is 1. The van der Waals surface area contributed by atoms with Crippen LogP contribution in [0.5, 0.6) is 0 Å². The van der Waals surface area contributed by atoms with Crippen LogP contribution in [0.15, 0.2) is 29.3 Å². The van der Waals surface area contributed by atoms with Crippen molar-refractivity contribution in [2.24, 2.45) is 4.99 Å². The number of amidine groups is 1. The minimum Gasteiger partial charge on any atom is -0.381 e. The Balaban J connectivity index is 1.70. The SMILES string of the molecule is N#Cc1ccc(NC2=NC3(CCOCC3)CS2)cc1. The van der Waals surface area contributed by atoms with E-state index in [-0.39, 0.29) is 5.54 Å². The summed E-state index contributed by atoms with van der Waals surface area (Å²) in [5.41, 5.74) is 1.74. The smallest absolute Gasteiger partial charge is 0.161 e. The summed E-state index contributed by atoms with van der Waals surface area (Å²) in [5.74, 6) is 1.04. The first-order valence-electron chi connectivity index (χ1n) is 6.37. The highest BCUT2D eigenvalue weighted by Gasteiger charge is 2.37. The summed E-state index contributed by atoms with van der Waals surface area (Å²) in [5, 5.41) is 13.1. The first-order valence-corrected chi connectivity index (χ1v) is 7.36. The van der Waals surface area contributed by atoms with Gasteiger partial charge in [-0.1, -0.05) is 11.8 Å². The lowest BCUT2D eigenvalue weighted by atomic mass is 9.93. The van der Waals surface area contributed by atoms with Gasteiger partial charge in [-0.15, -0.1) is 0 Å². The van der Waals surface area contributed by atoms with Crippen LogP contribution >= 0.6 is 11.8 Å². The molecule has 98 valence electrons. The quantitative estimate of drug-likeness (QED) is 0.854. The molecule has 1 fully saturated rings. The van der Waals surface area contributed by atoms with Gasteiger partial charge in [0.1, 0.15) is 0 Å². The lowest BCUT2D eigenvalue weighted by Gasteiger charge is -2.29. The summed E-state index contributed by atoms with van der Waals surface area (Å²) in [6.45, 7) is 1.63. The molecule has 0 radical (unpaired) electrons. The molecule has 1 aromatic carbocycles. The van der Waals surface area contributed by atoms with Gasteiger partial charge in [0.15, 0.2) is 5.17 Å². The fourth-order valence-corrected chi connectivity index (χ4v) is 3.51. The lowest BCUT2D eigenvalue weighted by molar-refractivity contribution is 0.0624. The molecule has 2 aliphatic heterocycles. The number of hydrogen-bond donors (Lipinski definition) is 1. The maximum absolute atomic E-state index is 8.77. The Morgan fingerprint density at radius 1 is 1.26 bits per heavy atom. The van der Waals surface area contributed by atoms with Crippen molar-refractivity contribution in [3.8, 4) is 6.07 Å². The van der Waals surface area contributed by atoms with E-state index in [1.165, 1.54) is 0 Å². The van der Waals surface area contributed by atoms with Crippen molar-refractivity contribution in [3.05, 3.63) is 29.8 Å². The second-order valence-electron chi connectivity index (χ2n) is 4.86. The average molecular weight is 273 g/mol. The van der Waals surface area contributed by atoms with Crippen molar-refractivity contribution in [2.45, 2.75) is 18.4 Å². The largest absolute Gasteiger partial charge is 0.381 e. The standard InChI is InChI=1S/C14H15N3OS/c15-9-11-1-3-12(4-2-11)16-13-17-14(10-19-13)5-7-18-8-6-14/h1-4H,5-8,10H2,(H,16,17). The van der Waals surface area contributed by atoms with Crippen molar-refractivity contribution in [1.29, 1.82) is 5.26 Å². The third-order valence-corrected chi connectivity index (χ3v) is 4.65. The van der Waals surface area contributed by atoms with Crippen molar-refractivity contribution in [2.75, 3.05) is 24.3 Å². The van der Waals surface area contributed by atoms with Gasteiger partial charge in [-0.25, -0.2) is 0 Å². The number of rotatable bonds is 1. The highest BCUT2D eigenvalue weighted by atomic mass is 32.2. The molecule has 2 heterocycles. The number of benzene rings is 1. The molecule has 19 heavy (non-hydrogen) atoms. The molecule has 0 unspecified atom stereocenters. The lowest BCUT2D eigenvalue weighted by Crippen LogP contribution is -2.34. The van der Waals surface area contributed by atoms with Crippen LogP contribution in [0.4, 0.5) is 5.69 Å². The van der Waals surface area contributed by atoms with E-state index in [4.69, 9.17) is 15.0 Å². The fourth-order valence-electron chi connectivity index (χ4n) is 2.31. The van der Waals surface area contributed by atoms with Crippen LogP contribution in [0.1, 0.15) is 18.4 Å². The zero-order valence-electron chi connectivity index (χ0n) is 10.6. The molecule has 0 amide bonds. The Labute approximate surface area is 116 Å². The molecule has 1 N–H and O–H groups in total. The second-order valence-corrected chi connectivity index (χ2v) is 5.82. The van der Waals surface area contributed by atoms with Gasteiger partial charge in [-0.05, 0) is 37.1 Å². The van der Waals surface area contributed by atoms with Gasteiger partial charge in [-0.3, -0.25) is 4.99 Å². The first kappa shape index (κ1) is 12.5. The van der Waals surface area contributed by atoms with Gasteiger partial charge in [0, 0.05) is 24.7 Å².